The van der Waals surface area contributed by atoms with Gasteiger partial charge in [-0.1, -0.05) is 41.4 Å². The molecule has 7 heteroatoms. The molecule has 0 aliphatic heterocycles. The lowest BCUT2D eigenvalue weighted by Gasteiger charge is -2.15. The number of methoxy groups -OCH3 is 2. The summed E-state index contributed by atoms with van der Waals surface area (Å²) in [7, 11) is 3.11. The van der Waals surface area contributed by atoms with E-state index >= 15 is 0 Å². The zero-order valence-corrected chi connectivity index (χ0v) is 15.0. The minimum Gasteiger partial charge on any atom is -0.495 e. The van der Waals surface area contributed by atoms with Crippen LogP contribution in [-0.2, 0) is 6.54 Å². The molecule has 0 radical (unpaired) electrons. The van der Waals surface area contributed by atoms with E-state index < -0.39 is 0 Å². The van der Waals surface area contributed by atoms with Gasteiger partial charge in [0.1, 0.15) is 11.5 Å². The monoisotopic (exact) mass is 370 g/mol. The number of hydrogen-bond donors (Lipinski definition) is 2. The molecule has 23 heavy (non-hydrogen) atoms. The number of thiocarbonyl (C=S) groups is 1. The summed E-state index contributed by atoms with van der Waals surface area (Å²) in [6, 6.07) is 11.0. The Labute approximate surface area is 150 Å². The van der Waals surface area contributed by atoms with E-state index in [-0.39, 0.29) is 0 Å². The average Bonchev–Trinajstić information content (AvgIpc) is 2.55. The number of nitrogens with one attached hydrogen (secondary N) is 2. The maximum Gasteiger partial charge on any atom is 0.171 e. The summed E-state index contributed by atoms with van der Waals surface area (Å²) < 4.78 is 10.5. The van der Waals surface area contributed by atoms with Crippen molar-refractivity contribution in [3.63, 3.8) is 0 Å². The molecule has 2 rings (SSSR count). The summed E-state index contributed by atoms with van der Waals surface area (Å²) in [5, 5.41) is 7.75. The van der Waals surface area contributed by atoms with Crippen LogP contribution in [0.15, 0.2) is 36.4 Å². The Morgan fingerprint density at radius 1 is 1.04 bits per heavy atom. The van der Waals surface area contributed by atoms with E-state index in [9.17, 15) is 0 Å². The van der Waals surface area contributed by atoms with Gasteiger partial charge in [-0.3, -0.25) is 0 Å². The van der Waals surface area contributed by atoms with Crippen molar-refractivity contribution in [3.05, 3.63) is 52.0 Å². The second-order valence-electron chi connectivity index (χ2n) is 4.59. The van der Waals surface area contributed by atoms with Gasteiger partial charge in [-0.15, -0.1) is 0 Å². The van der Waals surface area contributed by atoms with Gasteiger partial charge in [-0.05, 0) is 23.8 Å². The van der Waals surface area contributed by atoms with E-state index in [4.69, 9.17) is 44.9 Å². The fourth-order valence-electron chi connectivity index (χ4n) is 1.94. The molecule has 0 aromatic heterocycles. The lowest BCUT2D eigenvalue weighted by atomic mass is 10.2. The van der Waals surface area contributed by atoms with E-state index in [0.717, 1.165) is 5.56 Å². The molecule has 0 saturated carbocycles. The van der Waals surface area contributed by atoms with E-state index in [1.807, 2.05) is 24.3 Å². The number of ether oxygens (including phenoxy) is 2. The van der Waals surface area contributed by atoms with E-state index in [1.165, 1.54) is 0 Å². The second-order valence-corrected chi connectivity index (χ2v) is 5.81. The number of rotatable bonds is 5. The molecular formula is C16H16Cl2N2O2S. The molecule has 0 unspecified atom stereocenters. The van der Waals surface area contributed by atoms with Crippen molar-refractivity contribution in [2.45, 2.75) is 6.54 Å². The van der Waals surface area contributed by atoms with Crippen molar-refractivity contribution in [2.75, 3.05) is 19.5 Å². The summed E-state index contributed by atoms with van der Waals surface area (Å²) in [5.41, 5.74) is 1.62. The molecule has 0 saturated heterocycles. The van der Waals surface area contributed by atoms with Crippen LogP contribution in [0.2, 0.25) is 10.0 Å². The Hall–Kier alpha value is -1.69. The van der Waals surface area contributed by atoms with E-state index in [1.54, 1.807) is 26.4 Å². The highest BCUT2D eigenvalue weighted by molar-refractivity contribution is 7.80. The SMILES string of the molecule is COc1cc(NC(=S)NCc2ccccc2Cl)c(OC)cc1Cl. The van der Waals surface area contributed by atoms with Gasteiger partial charge in [-0.25, -0.2) is 0 Å². The molecule has 0 heterocycles. The molecule has 0 fully saturated rings. The van der Waals surface area contributed by atoms with Crippen molar-refractivity contribution in [2.24, 2.45) is 0 Å². The topological polar surface area (TPSA) is 42.5 Å². The van der Waals surface area contributed by atoms with Crippen LogP contribution in [0.4, 0.5) is 5.69 Å². The summed E-state index contributed by atoms with van der Waals surface area (Å²) in [5.74, 6) is 1.10. The van der Waals surface area contributed by atoms with Gasteiger partial charge in [-0.2, -0.15) is 0 Å². The molecule has 0 atom stereocenters. The highest BCUT2D eigenvalue weighted by atomic mass is 35.5. The summed E-state index contributed by atoms with van der Waals surface area (Å²) in [6.07, 6.45) is 0. The Bertz CT molecular complexity index is 710. The maximum absolute atomic E-state index is 6.12. The van der Waals surface area contributed by atoms with Crippen molar-refractivity contribution >= 4 is 46.2 Å². The molecule has 0 amide bonds. The van der Waals surface area contributed by atoms with Crippen LogP contribution in [0.5, 0.6) is 11.5 Å². The fourth-order valence-corrected chi connectivity index (χ4v) is 2.56. The molecule has 2 N–H and O–H groups in total. The van der Waals surface area contributed by atoms with Gasteiger partial charge >= 0.3 is 0 Å². The van der Waals surface area contributed by atoms with Gasteiger partial charge < -0.3 is 20.1 Å². The van der Waals surface area contributed by atoms with Crippen molar-refractivity contribution in [1.82, 2.24) is 5.32 Å². The first-order chi connectivity index (χ1) is 11.0. The summed E-state index contributed by atoms with van der Waals surface area (Å²) in [6.45, 7) is 0.512. The first kappa shape index (κ1) is 17.7. The minimum atomic E-state index is 0.438. The van der Waals surface area contributed by atoms with Gasteiger partial charge in [0.25, 0.3) is 0 Å². The molecule has 122 valence electrons. The highest BCUT2D eigenvalue weighted by Gasteiger charge is 2.11. The largest absolute Gasteiger partial charge is 0.495 e. The standard InChI is InChI=1S/C16H16Cl2N2O2S/c1-21-14-8-13(15(22-2)7-12(14)18)20-16(23)19-9-10-5-3-4-6-11(10)17/h3-8H,9H2,1-2H3,(H2,19,20,23). The molecule has 0 aliphatic rings. The van der Waals surface area contributed by atoms with Crippen LogP contribution in [0.3, 0.4) is 0 Å². The smallest absolute Gasteiger partial charge is 0.171 e. The predicted octanol–water partition coefficient (Wildman–Crippen LogP) is 4.50. The van der Waals surface area contributed by atoms with Crippen molar-refractivity contribution < 1.29 is 9.47 Å². The number of anilines is 1. The Balaban J connectivity index is 2.06. The second kappa shape index (κ2) is 8.24. The quantitative estimate of drug-likeness (QED) is 0.758. The van der Waals surface area contributed by atoms with Gasteiger partial charge in [0.05, 0.1) is 24.9 Å². The highest BCUT2D eigenvalue weighted by Crippen LogP contribution is 2.35. The Morgan fingerprint density at radius 3 is 2.39 bits per heavy atom. The fraction of sp³-hybridized carbons (Fsp3) is 0.188. The summed E-state index contributed by atoms with van der Waals surface area (Å²) >= 11 is 17.5. The van der Waals surface area contributed by atoms with E-state index in [2.05, 4.69) is 10.6 Å². The Morgan fingerprint density at radius 2 is 1.74 bits per heavy atom. The van der Waals surface area contributed by atoms with Crippen LogP contribution in [0.25, 0.3) is 0 Å². The number of hydrogen-bond acceptors (Lipinski definition) is 3. The normalized spacial score (nSPS) is 10.1. The van der Waals surface area contributed by atoms with Crippen LogP contribution < -0.4 is 20.1 Å². The lowest BCUT2D eigenvalue weighted by molar-refractivity contribution is 0.405. The molecule has 0 aliphatic carbocycles. The zero-order valence-electron chi connectivity index (χ0n) is 12.7. The van der Waals surface area contributed by atoms with Crippen LogP contribution in [-0.4, -0.2) is 19.3 Å². The van der Waals surface area contributed by atoms with Gasteiger partial charge in [0.2, 0.25) is 0 Å². The Kier molecular flexibility index (Phi) is 6.33. The number of benzene rings is 2. The molecule has 0 spiro atoms. The van der Waals surface area contributed by atoms with Crippen LogP contribution >= 0.6 is 35.4 Å². The van der Waals surface area contributed by atoms with Crippen molar-refractivity contribution in [3.8, 4) is 11.5 Å². The molecule has 0 bridgehead atoms. The molecule has 4 nitrogen and oxygen atoms in total. The summed E-state index contributed by atoms with van der Waals surface area (Å²) in [4.78, 5) is 0. The van der Waals surface area contributed by atoms with Gasteiger partial charge in [0, 0.05) is 23.7 Å². The zero-order chi connectivity index (χ0) is 16.8. The van der Waals surface area contributed by atoms with Crippen LogP contribution in [0.1, 0.15) is 5.56 Å². The first-order valence-corrected chi connectivity index (χ1v) is 7.91. The third kappa shape index (κ3) is 4.64. The molecule has 2 aromatic carbocycles. The van der Waals surface area contributed by atoms with E-state index in [0.29, 0.717) is 38.9 Å². The van der Waals surface area contributed by atoms with Gasteiger partial charge in [0.15, 0.2) is 5.11 Å². The minimum absolute atomic E-state index is 0.438. The molecule has 2 aromatic rings. The third-order valence-electron chi connectivity index (χ3n) is 3.12. The third-order valence-corrected chi connectivity index (χ3v) is 4.03. The van der Waals surface area contributed by atoms with Crippen molar-refractivity contribution in [1.29, 1.82) is 0 Å². The predicted molar refractivity (Wildman–Crippen MR) is 99.1 cm³/mol. The first-order valence-electron chi connectivity index (χ1n) is 6.75. The lowest BCUT2D eigenvalue weighted by Crippen LogP contribution is -2.28. The average molecular weight is 371 g/mol. The van der Waals surface area contributed by atoms with Crippen LogP contribution in [0, 0.1) is 0 Å². The number of halogens is 2. The maximum atomic E-state index is 6.12. The molecular weight excluding hydrogens is 355 g/mol.